The van der Waals surface area contributed by atoms with E-state index in [1.807, 2.05) is 32.0 Å². The van der Waals surface area contributed by atoms with Gasteiger partial charge in [0.2, 0.25) is 5.88 Å². The van der Waals surface area contributed by atoms with Crippen LogP contribution in [0, 0.1) is 6.92 Å². The van der Waals surface area contributed by atoms with Crippen molar-refractivity contribution in [2.45, 2.75) is 20.4 Å². The van der Waals surface area contributed by atoms with Gasteiger partial charge in [-0.25, -0.2) is 0 Å². The topological polar surface area (TPSA) is 78.0 Å². The van der Waals surface area contributed by atoms with Crippen molar-refractivity contribution in [1.29, 1.82) is 0 Å². The van der Waals surface area contributed by atoms with Gasteiger partial charge in [0.15, 0.2) is 0 Å². The molecule has 3 N–H and O–H groups in total. The van der Waals surface area contributed by atoms with Crippen LogP contribution in [0.15, 0.2) is 29.1 Å². The molecule has 1 aromatic heterocycles. The summed E-state index contributed by atoms with van der Waals surface area (Å²) in [5.41, 5.74) is 1.52. The van der Waals surface area contributed by atoms with E-state index in [0.717, 1.165) is 12.1 Å². The third-order valence-corrected chi connectivity index (χ3v) is 2.91. The molecule has 0 fully saturated rings. The number of aromatic hydroxyl groups is 1. The van der Waals surface area contributed by atoms with Crippen molar-refractivity contribution in [1.82, 2.24) is 15.3 Å². The Balaban J connectivity index is 2.49. The third-order valence-electron chi connectivity index (χ3n) is 2.91. The molecular weight excluding hydrogens is 242 g/mol. The highest BCUT2D eigenvalue weighted by molar-refractivity contribution is 5.70. The smallest absolute Gasteiger partial charge is 0.262 e. The highest BCUT2D eigenvalue weighted by Gasteiger charge is 2.14. The lowest BCUT2D eigenvalue weighted by molar-refractivity contribution is 0.448. The standard InChI is InChI=1S/C14H17N3O2/c1-3-15-8-11-16-13(18)12(14(19)17-11)10-7-5-4-6-9(10)2/h4-7,15H,3,8H2,1-2H3,(H2,16,17,18,19). The summed E-state index contributed by atoms with van der Waals surface area (Å²) in [7, 11) is 0. The molecule has 19 heavy (non-hydrogen) atoms. The van der Waals surface area contributed by atoms with Crippen molar-refractivity contribution in [2.24, 2.45) is 0 Å². The highest BCUT2D eigenvalue weighted by atomic mass is 16.3. The first-order valence-electron chi connectivity index (χ1n) is 6.22. The van der Waals surface area contributed by atoms with E-state index in [1.165, 1.54) is 0 Å². The molecule has 5 nitrogen and oxygen atoms in total. The molecule has 0 bridgehead atoms. The molecule has 0 aliphatic rings. The number of aromatic nitrogens is 2. The number of nitrogens with one attached hydrogen (secondary N) is 2. The number of hydrogen-bond donors (Lipinski definition) is 3. The number of nitrogens with zero attached hydrogens (tertiary/aromatic N) is 1. The fraction of sp³-hybridized carbons (Fsp3) is 0.286. The maximum Gasteiger partial charge on any atom is 0.262 e. The van der Waals surface area contributed by atoms with E-state index in [1.54, 1.807) is 6.07 Å². The SMILES string of the molecule is CCNCc1nc(O)c(-c2ccccc2C)c(=O)[nH]1. The van der Waals surface area contributed by atoms with Gasteiger partial charge in [-0.1, -0.05) is 31.2 Å². The van der Waals surface area contributed by atoms with E-state index in [9.17, 15) is 9.90 Å². The van der Waals surface area contributed by atoms with Crippen LogP contribution in [0.3, 0.4) is 0 Å². The van der Waals surface area contributed by atoms with Gasteiger partial charge < -0.3 is 15.4 Å². The molecule has 2 aromatic rings. The molecule has 100 valence electrons. The molecular formula is C14H17N3O2. The highest BCUT2D eigenvalue weighted by Crippen LogP contribution is 2.25. The van der Waals surface area contributed by atoms with Crippen LogP contribution in [0.4, 0.5) is 0 Å². The summed E-state index contributed by atoms with van der Waals surface area (Å²) in [6, 6.07) is 7.40. The second kappa shape index (κ2) is 5.67. The fourth-order valence-corrected chi connectivity index (χ4v) is 1.93. The summed E-state index contributed by atoms with van der Waals surface area (Å²) in [5.74, 6) is 0.202. The van der Waals surface area contributed by atoms with Crippen molar-refractivity contribution in [3.05, 3.63) is 46.0 Å². The minimum absolute atomic E-state index is 0.221. The number of hydrogen-bond acceptors (Lipinski definition) is 4. The maximum atomic E-state index is 12.1. The van der Waals surface area contributed by atoms with Gasteiger partial charge in [0.25, 0.3) is 5.56 Å². The van der Waals surface area contributed by atoms with E-state index in [0.29, 0.717) is 17.9 Å². The van der Waals surface area contributed by atoms with E-state index in [2.05, 4.69) is 15.3 Å². The van der Waals surface area contributed by atoms with E-state index < -0.39 is 0 Å². The molecule has 0 saturated carbocycles. The Morgan fingerprint density at radius 3 is 2.74 bits per heavy atom. The zero-order valence-corrected chi connectivity index (χ0v) is 11.0. The van der Waals surface area contributed by atoms with Gasteiger partial charge in [0, 0.05) is 0 Å². The molecule has 2 rings (SSSR count). The van der Waals surface area contributed by atoms with Gasteiger partial charge in [-0.05, 0) is 24.6 Å². The molecule has 1 heterocycles. The van der Waals surface area contributed by atoms with Gasteiger partial charge in [0.05, 0.1) is 6.54 Å². The summed E-state index contributed by atoms with van der Waals surface area (Å²) in [4.78, 5) is 18.8. The van der Waals surface area contributed by atoms with Crippen molar-refractivity contribution in [2.75, 3.05) is 6.54 Å². The molecule has 0 spiro atoms. The Morgan fingerprint density at radius 2 is 2.11 bits per heavy atom. The number of H-pyrrole nitrogens is 1. The van der Waals surface area contributed by atoms with Crippen LogP contribution in [-0.2, 0) is 6.54 Å². The maximum absolute atomic E-state index is 12.1. The van der Waals surface area contributed by atoms with Crippen LogP contribution in [0.2, 0.25) is 0 Å². The molecule has 1 aromatic carbocycles. The van der Waals surface area contributed by atoms with Crippen LogP contribution in [0.1, 0.15) is 18.3 Å². The van der Waals surface area contributed by atoms with Gasteiger partial charge in [-0.2, -0.15) is 4.98 Å². The predicted octanol–water partition coefficient (Wildman–Crippen LogP) is 1.56. The summed E-state index contributed by atoms with van der Waals surface area (Å²) in [6.07, 6.45) is 0. The van der Waals surface area contributed by atoms with Crippen LogP contribution in [-0.4, -0.2) is 21.6 Å². The minimum Gasteiger partial charge on any atom is -0.493 e. The zero-order valence-electron chi connectivity index (χ0n) is 11.0. The van der Waals surface area contributed by atoms with Crippen molar-refractivity contribution in [3.63, 3.8) is 0 Å². The molecule has 0 radical (unpaired) electrons. The Hall–Kier alpha value is -2.14. The molecule has 5 heteroatoms. The average molecular weight is 259 g/mol. The quantitative estimate of drug-likeness (QED) is 0.778. The Labute approximate surface area is 111 Å². The predicted molar refractivity (Wildman–Crippen MR) is 74.1 cm³/mol. The fourth-order valence-electron chi connectivity index (χ4n) is 1.93. The number of rotatable bonds is 4. The first kappa shape index (κ1) is 13.3. The number of aryl methyl sites for hydroxylation is 1. The molecule has 0 unspecified atom stereocenters. The number of aromatic amines is 1. The van der Waals surface area contributed by atoms with Crippen LogP contribution >= 0.6 is 0 Å². The lowest BCUT2D eigenvalue weighted by Gasteiger charge is -2.08. The van der Waals surface area contributed by atoms with Crippen molar-refractivity contribution >= 4 is 0 Å². The summed E-state index contributed by atoms with van der Waals surface area (Å²) in [6.45, 7) is 5.04. The van der Waals surface area contributed by atoms with E-state index in [-0.39, 0.29) is 17.0 Å². The second-order valence-corrected chi connectivity index (χ2v) is 4.31. The lowest BCUT2D eigenvalue weighted by atomic mass is 10.0. The number of benzene rings is 1. The summed E-state index contributed by atoms with van der Waals surface area (Å²) < 4.78 is 0. The van der Waals surface area contributed by atoms with Gasteiger partial charge in [0.1, 0.15) is 11.4 Å². The van der Waals surface area contributed by atoms with Crippen molar-refractivity contribution < 1.29 is 5.11 Å². The van der Waals surface area contributed by atoms with Crippen LogP contribution in [0.25, 0.3) is 11.1 Å². The normalized spacial score (nSPS) is 10.6. The van der Waals surface area contributed by atoms with Crippen LogP contribution < -0.4 is 10.9 Å². The average Bonchev–Trinajstić information content (AvgIpc) is 2.38. The second-order valence-electron chi connectivity index (χ2n) is 4.31. The monoisotopic (exact) mass is 259 g/mol. The van der Waals surface area contributed by atoms with Gasteiger partial charge >= 0.3 is 0 Å². The summed E-state index contributed by atoms with van der Waals surface area (Å²) >= 11 is 0. The lowest BCUT2D eigenvalue weighted by Crippen LogP contribution is -2.20. The minimum atomic E-state index is -0.324. The third kappa shape index (κ3) is 2.82. The molecule has 0 atom stereocenters. The zero-order chi connectivity index (χ0) is 13.8. The molecule has 0 saturated heterocycles. The first-order chi connectivity index (χ1) is 9.13. The Morgan fingerprint density at radius 1 is 1.37 bits per heavy atom. The van der Waals surface area contributed by atoms with E-state index >= 15 is 0 Å². The van der Waals surface area contributed by atoms with Crippen LogP contribution in [0.5, 0.6) is 5.88 Å². The van der Waals surface area contributed by atoms with E-state index in [4.69, 9.17) is 0 Å². The largest absolute Gasteiger partial charge is 0.493 e. The van der Waals surface area contributed by atoms with Gasteiger partial charge in [-0.3, -0.25) is 4.79 Å². The molecule has 0 aliphatic heterocycles. The molecule has 0 aliphatic carbocycles. The first-order valence-corrected chi connectivity index (χ1v) is 6.22. The summed E-state index contributed by atoms with van der Waals surface area (Å²) in [5, 5.41) is 13.0. The van der Waals surface area contributed by atoms with Crippen molar-refractivity contribution in [3.8, 4) is 17.0 Å². The Kier molecular flexibility index (Phi) is 3.97. The Bertz CT molecular complexity index is 635. The van der Waals surface area contributed by atoms with Gasteiger partial charge in [-0.15, -0.1) is 0 Å². The molecule has 0 amide bonds.